The van der Waals surface area contributed by atoms with Gasteiger partial charge >= 0.3 is 0 Å². The Kier molecular flexibility index (Phi) is 7.49. The average molecular weight is 267 g/mol. The summed E-state index contributed by atoms with van der Waals surface area (Å²) in [5, 5.41) is 3.12. The average Bonchev–Trinajstić information content (AvgIpc) is 2.43. The van der Waals surface area contributed by atoms with Gasteiger partial charge in [0, 0.05) is 11.6 Å². The third-order valence-corrected chi connectivity index (χ3v) is 3.39. The Balaban J connectivity index is 2.52. The van der Waals surface area contributed by atoms with E-state index in [4.69, 9.17) is 4.74 Å². The molecular weight excluding hydrogens is 241 g/mol. The second kappa shape index (κ2) is 8.92. The summed E-state index contributed by atoms with van der Waals surface area (Å²) < 4.78 is 19.5. The predicted molar refractivity (Wildman–Crippen MR) is 78.1 cm³/mol. The minimum absolute atomic E-state index is 0.0887. The molecule has 0 heterocycles. The van der Waals surface area contributed by atoms with Gasteiger partial charge in [-0.25, -0.2) is 4.39 Å². The predicted octanol–water partition coefficient (Wildman–Crippen LogP) is 4.46. The molecule has 108 valence electrons. The van der Waals surface area contributed by atoms with Gasteiger partial charge in [0.05, 0.1) is 6.61 Å². The molecule has 0 aliphatic heterocycles. The van der Waals surface area contributed by atoms with Gasteiger partial charge in [-0.2, -0.15) is 0 Å². The lowest BCUT2D eigenvalue weighted by Crippen LogP contribution is -2.14. The highest BCUT2D eigenvalue weighted by Crippen LogP contribution is 2.28. The van der Waals surface area contributed by atoms with E-state index in [1.165, 1.54) is 25.3 Å². The zero-order chi connectivity index (χ0) is 14.1. The Labute approximate surface area is 116 Å². The van der Waals surface area contributed by atoms with Crippen LogP contribution in [0.15, 0.2) is 18.2 Å². The normalized spacial score (nSPS) is 12.4. The molecule has 1 aromatic rings. The molecule has 0 radical (unpaired) electrons. The molecule has 0 saturated heterocycles. The van der Waals surface area contributed by atoms with E-state index in [2.05, 4.69) is 12.2 Å². The van der Waals surface area contributed by atoms with E-state index >= 15 is 0 Å². The summed E-state index contributed by atoms with van der Waals surface area (Å²) >= 11 is 0. The van der Waals surface area contributed by atoms with Gasteiger partial charge in [-0.3, -0.25) is 0 Å². The number of rotatable bonds is 9. The molecule has 0 saturated carbocycles. The first kappa shape index (κ1) is 16.0. The minimum atomic E-state index is -0.270. The summed E-state index contributed by atoms with van der Waals surface area (Å²) in [6, 6.07) is 5.19. The maximum Gasteiger partial charge on any atom is 0.165 e. The van der Waals surface area contributed by atoms with Gasteiger partial charge in [-0.15, -0.1) is 0 Å². The smallest absolute Gasteiger partial charge is 0.165 e. The lowest BCUT2D eigenvalue weighted by Gasteiger charge is -2.17. The second-order valence-electron chi connectivity index (χ2n) is 4.93. The molecule has 1 aromatic carbocycles. The van der Waals surface area contributed by atoms with Crippen molar-refractivity contribution in [3.63, 3.8) is 0 Å². The Bertz CT molecular complexity index is 368. The largest absolute Gasteiger partial charge is 0.490 e. The van der Waals surface area contributed by atoms with Crippen LogP contribution in [0.3, 0.4) is 0 Å². The minimum Gasteiger partial charge on any atom is -0.490 e. The van der Waals surface area contributed by atoms with Crippen LogP contribution < -0.4 is 10.1 Å². The molecule has 0 aromatic heterocycles. The third kappa shape index (κ3) is 5.19. The quantitative estimate of drug-likeness (QED) is 0.667. The van der Waals surface area contributed by atoms with Crippen LogP contribution in [0, 0.1) is 5.82 Å². The molecule has 2 nitrogen and oxygen atoms in total. The first-order chi connectivity index (χ1) is 9.20. The van der Waals surface area contributed by atoms with E-state index in [0.29, 0.717) is 12.4 Å². The summed E-state index contributed by atoms with van der Waals surface area (Å²) in [7, 11) is 1.87. The van der Waals surface area contributed by atoms with Crippen molar-refractivity contribution in [3.8, 4) is 5.75 Å². The van der Waals surface area contributed by atoms with Crippen molar-refractivity contribution in [2.45, 2.75) is 52.0 Å². The van der Waals surface area contributed by atoms with E-state index in [9.17, 15) is 4.39 Å². The zero-order valence-corrected chi connectivity index (χ0v) is 12.3. The number of halogens is 1. The van der Waals surface area contributed by atoms with Crippen molar-refractivity contribution < 1.29 is 9.13 Å². The fourth-order valence-electron chi connectivity index (χ4n) is 2.05. The van der Waals surface area contributed by atoms with Gasteiger partial charge in [0.15, 0.2) is 11.6 Å². The fraction of sp³-hybridized carbons (Fsp3) is 0.625. The van der Waals surface area contributed by atoms with Crippen LogP contribution in [0.4, 0.5) is 4.39 Å². The van der Waals surface area contributed by atoms with Gasteiger partial charge < -0.3 is 10.1 Å². The highest BCUT2D eigenvalue weighted by Gasteiger charge is 2.14. The van der Waals surface area contributed by atoms with Crippen molar-refractivity contribution in [2.75, 3.05) is 13.7 Å². The van der Waals surface area contributed by atoms with Gasteiger partial charge in [0.25, 0.3) is 0 Å². The third-order valence-electron chi connectivity index (χ3n) is 3.39. The number of nitrogens with one attached hydrogen (secondary N) is 1. The Morgan fingerprint density at radius 2 is 1.95 bits per heavy atom. The Morgan fingerprint density at radius 3 is 2.63 bits per heavy atom. The highest BCUT2D eigenvalue weighted by molar-refractivity contribution is 5.37. The summed E-state index contributed by atoms with van der Waals surface area (Å²) in [5.41, 5.74) is 0.885. The molecule has 0 bridgehead atoms. The molecule has 1 unspecified atom stereocenters. The molecule has 0 fully saturated rings. The molecule has 0 aliphatic rings. The van der Waals surface area contributed by atoms with E-state index in [-0.39, 0.29) is 11.9 Å². The SMILES string of the molecule is CCCCCCCOc1c(F)cccc1C(C)NC. The number of hydrogen-bond acceptors (Lipinski definition) is 2. The monoisotopic (exact) mass is 267 g/mol. The first-order valence-electron chi connectivity index (χ1n) is 7.29. The van der Waals surface area contributed by atoms with E-state index in [1.54, 1.807) is 6.07 Å². The van der Waals surface area contributed by atoms with Crippen LogP contribution >= 0.6 is 0 Å². The van der Waals surface area contributed by atoms with Crippen molar-refractivity contribution in [1.29, 1.82) is 0 Å². The van der Waals surface area contributed by atoms with Crippen molar-refractivity contribution in [1.82, 2.24) is 5.32 Å². The number of unbranched alkanes of at least 4 members (excludes halogenated alkanes) is 4. The summed E-state index contributed by atoms with van der Waals surface area (Å²) in [6.07, 6.45) is 5.87. The number of para-hydroxylation sites is 1. The molecule has 19 heavy (non-hydrogen) atoms. The van der Waals surface area contributed by atoms with Crippen LogP contribution in [0.1, 0.15) is 57.6 Å². The van der Waals surface area contributed by atoms with Crippen molar-refractivity contribution in [2.24, 2.45) is 0 Å². The van der Waals surface area contributed by atoms with Crippen LogP contribution in [0.5, 0.6) is 5.75 Å². The topological polar surface area (TPSA) is 21.3 Å². The highest BCUT2D eigenvalue weighted by atomic mass is 19.1. The molecule has 1 atom stereocenters. The summed E-state index contributed by atoms with van der Waals surface area (Å²) in [6.45, 7) is 4.79. The maximum atomic E-state index is 13.8. The molecule has 1 rings (SSSR count). The van der Waals surface area contributed by atoms with Crippen molar-refractivity contribution >= 4 is 0 Å². The number of ether oxygens (including phenoxy) is 1. The fourth-order valence-corrected chi connectivity index (χ4v) is 2.05. The zero-order valence-electron chi connectivity index (χ0n) is 12.3. The van der Waals surface area contributed by atoms with E-state index in [1.807, 2.05) is 20.0 Å². The van der Waals surface area contributed by atoms with E-state index < -0.39 is 0 Å². The van der Waals surface area contributed by atoms with Crippen LogP contribution in [-0.4, -0.2) is 13.7 Å². The van der Waals surface area contributed by atoms with E-state index in [0.717, 1.165) is 18.4 Å². The second-order valence-corrected chi connectivity index (χ2v) is 4.93. The standard InChI is InChI=1S/C16H26FNO/c1-4-5-6-7-8-12-19-16-14(13(2)18-3)10-9-11-15(16)17/h9-11,13,18H,4-8,12H2,1-3H3. The maximum absolute atomic E-state index is 13.8. The van der Waals surface area contributed by atoms with Crippen LogP contribution in [0.2, 0.25) is 0 Å². The molecule has 3 heteroatoms. The Hall–Kier alpha value is -1.09. The molecular formula is C16H26FNO. The molecule has 0 spiro atoms. The number of hydrogen-bond donors (Lipinski definition) is 1. The summed E-state index contributed by atoms with van der Waals surface area (Å²) in [5.74, 6) is 0.132. The first-order valence-corrected chi connectivity index (χ1v) is 7.29. The van der Waals surface area contributed by atoms with Gasteiger partial charge in [0.2, 0.25) is 0 Å². The number of benzene rings is 1. The van der Waals surface area contributed by atoms with Crippen LogP contribution in [-0.2, 0) is 0 Å². The Morgan fingerprint density at radius 1 is 1.21 bits per heavy atom. The lowest BCUT2D eigenvalue weighted by molar-refractivity contribution is 0.284. The molecule has 0 amide bonds. The lowest BCUT2D eigenvalue weighted by atomic mass is 10.1. The molecule has 0 aliphatic carbocycles. The van der Waals surface area contributed by atoms with Gasteiger partial charge in [-0.1, -0.05) is 44.7 Å². The van der Waals surface area contributed by atoms with Gasteiger partial charge in [-0.05, 0) is 26.5 Å². The summed E-state index contributed by atoms with van der Waals surface area (Å²) in [4.78, 5) is 0. The van der Waals surface area contributed by atoms with Gasteiger partial charge in [0.1, 0.15) is 0 Å². The van der Waals surface area contributed by atoms with Crippen LogP contribution in [0.25, 0.3) is 0 Å². The molecule has 1 N–H and O–H groups in total. The van der Waals surface area contributed by atoms with Crippen molar-refractivity contribution in [3.05, 3.63) is 29.6 Å².